The van der Waals surface area contributed by atoms with Gasteiger partial charge in [-0.2, -0.15) is 5.26 Å². The van der Waals surface area contributed by atoms with Crippen molar-refractivity contribution in [1.29, 1.82) is 5.26 Å². The summed E-state index contributed by atoms with van der Waals surface area (Å²) in [7, 11) is 0. The number of rotatable bonds is 3. The zero-order valence-electron chi connectivity index (χ0n) is 15.5. The number of nitrogens with one attached hydrogen (secondary N) is 1. The highest BCUT2D eigenvalue weighted by Gasteiger charge is 2.31. The van der Waals surface area contributed by atoms with Gasteiger partial charge >= 0.3 is 0 Å². The Kier molecular flexibility index (Phi) is 4.31. The lowest BCUT2D eigenvalue weighted by molar-refractivity contribution is 0.477. The van der Waals surface area contributed by atoms with Gasteiger partial charge in [-0.15, -0.1) is 0 Å². The summed E-state index contributed by atoms with van der Waals surface area (Å²) in [4.78, 5) is 17.8. The second-order valence-corrected chi connectivity index (χ2v) is 8.10. The van der Waals surface area contributed by atoms with Gasteiger partial charge in [-0.05, 0) is 48.7 Å². The largest absolute Gasteiger partial charge is 0.507 e. The van der Waals surface area contributed by atoms with Crippen molar-refractivity contribution in [1.82, 2.24) is 14.6 Å². The van der Waals surface area contributed by atoms with Crippen molar-refractivity contribution in [3.63, 3.8) is 0 Å². The third-order valence-corrected chi connectivity index (χ3v) is 6.04. The van der Waals surface area contributed by atoms with E-state index < -0.39 is 0 Å². The Bertz CT molecular complexity index is 1430. The van der Waals surface area contributed by atoms with Crippen LogP contribution in [-0.2, 0) is 0 Å². The molecule has 0 amide bonds. The highest BCUT2D eigenvalue weighted by molar-refractivity contribution is 6.42. The number of phenolic OH excluding ortho intramolecular Hbond substituents is 1. The maximum absolute atomic E-state index is 13.3. The van der Waals surface area contributed by atoms with Crippen molar-refractivity contribution >= 4 is 28.8 Å². The summed E-state index contributed by atoms with van der Waals surface area (Å²) < 4.78 is 1.40. The Morgan fingerprint density at radius 2 is 1.93 bits per heavy atom. The fourth-order valence-corrected chi connectivity index (χ4v) is 3.95. The fourth-order valence-electron chi connectivity index (χ4n) is 3.65. The van der Waals surface area contributed by atoms with Crippen LogP contribution >= 0.6 is 23.2 Å². The number of halogens is 2. The van der Waals surface area contributed by atoms with Crippen molar-refractivity contribution in [3.8, 4) is 34.1 Å². The van der Waals surface area contributed by atoms with Gasteiger partial charge in [-0.25, -0.2) is 9.50 Å². The van der Waals surface area contributed by atoms with Gasteiger partial charge in [0.1, 0.15) is 5.75 Å². The Balaban J connectivity index is 1.75. The van der Waals surface area contributed by atoms with E-state index in [9.17, 15) is 9.90 Å². The SMILES string of the molecule is N#Cc1ccc(-c2cnc3c(-c4ccc(Cl)c(Cl)c4)c(C4CC4)[nH]n3c2=O)c(O)c1. The normalized spacial score (nSPS) is 13.5. The quantitative estimate of drug-likeness (QED) is 0.465. The van der Waals surface area contributed by atoms with E-state index in [1.165, 1.54) is 16.8 Å². The Labute approximate surface area is 180 Å². The number of hydrogen-bond donors (Lipinski definition) is 2. The lowest BCUT2D eigenvalue weighted by Crippen LogP contribution is -2.17. The average Bonchev–Trinajstić information content (AvgIpc) is 3.51. The van der Waals surface area contributed by atoms with Crippen molar-refractivity contribution in [2.75, 3.05) is 0 Å². The number of fused-ring (bicyclic) bond motifs is 1. The molecule has 6 nitrogen and oxygen atoms in total. The number of nitrogens with zero attached hydrogens (tertiary/aromatic N) is 3. The molecule has 1 aliphatic rings. The van der Waals surface area contributed by atoms with E-state index in [1.807, 2.05) is 12.1 Å². The molecule has 1 saturated carbocycles. The van der Waals surface area contributed by atoms with Crippen LogP contribution in [0, 0.1) is 11.3 Å². The van der Waals surface area contributed by atoms with Gasteiger partial charge in [-0.3, -0.25) is 9.89 Å². The molecule has 4 aromatic rings. The molecule has 0 unspecified atom stereocenters. The zero-order valence-corrected chi connectivity index (χ0v) is 17.0. The number of aromatic amines is 1. The van der Waals surface area contributed by atoms with Crippen LogP contribution in [0.5, 0.6) is 5.75 Å². The lowest BCUT2D eigenvalue weighted by atomic mass is 10.0. The molecular weight excluding hydrogens is 423 g/mol. The highest BCUT2D eigenvalue weighted by atomic mass is 35.5. The monoisotopic (exact) mass is 436 g/mol. The van der Waals surface area contributed by atoms with Gasteiger partial charge in [-0.1, -0.05) is 29.3 Å². The predicted molar refractivity (Wildman–Crippen MR) is 115 cm³/mol. The van der Waals surface area contributed by atoms with E-state index in [1.54, 1.807) is 24.3 Å². The van der Waals surface area contributed by atoms with Gasteiger partial charge in [0.2, 0.25) is 0 Å². The zero-order chi connectivity index (χ0) is 21.0. The van der Waals surface area contributed by atoms with Gasteiger partial charge < -0.3 is 5.11 Å². The summed E-state index contributed by atoms with van der Waals surface area (Å²) in [5.74, 6) is 0.175. The van der Waals surface area contributed by atoms with E-state index in [0.717, 1.165) is 29.7 Å². The number of aromatic nitrogens is 3. The molecule has 1 aliphatic carbocycles. The lowest BCUT2D eigenvalue weighted by Gasteiger charge is -2.06. The molecule has 2 N–H and O–H groups in total. The van der Waals surface area contributed by atoms with Crippen LogP contribution in [0.15, 0.2) is 47.4 Å². The van der Waals surface area contributed by atoms with E-state index >= 15 is 0 Å². The standard InChI is InChI=1S/C22H14Cl2N4O2/c23-16-6-4-13(8-17(16)24)19-20(12-2-3-12)27-28-21(19)26-10-15(22(28)30)14-5-1-11(9-25)7-18(14)29/h1,4-8,10,12,27,29H,2-3H2. The topological polar surface area (TPSA) is 94.2 Å². The number of hydrogen-bond acceptors (Lipinski definition) is 4. The molecule has 8 heteroatoms. The van der Waals surface area contributed by atoms with Crippen LogP contribution < -0.4 is 5.56 Å². The third kappa shape index (κ3) is 2.95. The molecular formula is C22H14Cl2N4O2. The summed E-state index contributed by atoms with van der Waals surface area (Å²) in [5.41, 5.74) is 3.58. The summed E-state index contributed by atoms with van der Waals surface area (Å²) in [5, 5.41) is 23.4. The summed E-state index contributed by atoms with van der Waals surface area (Å²) >= 11 is 12.3. The van der Waals surface area contributed by atoms with Crippen LogP contribution in [0.1, 0.15) is 30.0 Å². The Morgan fingerprint density at radius 1 is 1.13 bits per heavy atom. The van der Waals surface area contributed by atoms with Gasteiger partial charge in [0, 0.05) is 28.9 Å². The highest BCUT2D eigenvalue weighted by Crippen LogP contribution is 2.45. The summed E-state index contributed by atoms with van der Waals surface area (Å²) in [6.45, 7) is 0. The maximum atomic E-state index is 13.3. The molecule has 148 valence electrons. The van der Waals surface area contributed by atoms with Crippen LogP contribution in [0.2, 0.25) is 10.0 Å². The number of aromatic hydroxyl groups is 1. The Hall–Kier alpha value is -3.27. The summed E-state index contributed by atoms with van der Waals surface area (Å²) in [6.07, 6.45) is 3.50. The van der Waals surface area contributed by atoms with E-state index in [4.69, 9.17) is 28.5 Å². The molecule has 0 bridgehead atoms. The maximum Gasteiger partial charge on any atom is 0.280 e. The van der Waals surface area contributed by atoms with E-state index in [0.29, 0.717) is 32.7 Å². The minimum atomic E-state index is -0.340. The van der Waals surface area contributed by atoms with Gasteiger partial charge in [0.15, 0.2) is 5.65 Å². The third-order valence-electron chi connectivity index (χ3n) is 5.30. The van der Waals surface area contributed by atoms with Crippen LogP contribution in [0.4, 0.5) is 0 Å². The van der Waals surface area contributed by atoms with Crippen LogP contribution in [0.25, 0.3) is 27.9 Å². The van der Waals surface area contributed by atoms with E-state index in [2.05, 4.69) is 10.1 Å². The molecule has 1 fully saturated rings. The van der Waals surface area contributed by atoms with E-state index in [-0.39, 0.29) is 16.9 Å². The fraction of sp³-hybridized carbons (Fsp3) is 0.136. The predicted octanol–water partition coefficient (Wildman–Crippen LogP) is 5.12. The molecule has 2 aromatic carbocycles. The molecule has 2 heterocycles. The molecule has 5 rings (SSSR count). The molecule has 0 spiro atoms. The molecule has 0 radical (unpaired) electrons. The minimum Gasteiger partial charge on any atom is -0.507 e. The first-order valence-electron chi connectivity index (χ1n) is 9.30. The van der Waals surface area contributed by atoms with Gasteiger partial charge in [0.25, 0.3) is 5.56 Å². The number of phenols is 1. The first-order chi connectivity index (χ1) is 14.5. The number of benzene rings is 2. The van der Waals surface area contributed by atoms with Crippen LogP contribution in [0.3, 0.4) is 0 Å². The smallest absolute Gasteiger partial charge is 0.280 e. The number of nitriles is 1. The van der Waals surface area contributed by atoms with Crippen molar-refractivity contribution in [2.45, 2.75) is 18.8 Å². The minimum absolute atomic E-state index is 0.147. The summed E-state index contributed by atoms with van der Waals surface area (Å²) in [6, 6.07) is 11.7. The van der Waals surface area contributed by atoms with Crippen molar-refractivity contribution < 1.29 is 5.11 Å². The second kappa shape index (κ2) is 6.91. The first-order valence-corrected chi connectivity index (χ1v) is 10.1. The average molecular weight is 437 g/mol. The Morgan fingerprint density at radius 3 is 2.60 bits per heavy atom. The molecule has 0 atom stereocenters. The van der Waals surface area contributed by atoms with Crippen molar-refractivity contribution in [2.24, 2.45) is 0 Å². The van der Waals surface area contributed by atoms with Crippen molar-refractivity contribution in [3.05, 3.63) is 74.3 Å². The molecule has 0 saturated heterocycles. The second-order valence-electron chi connectivity index (χ2n) is 7.28. The molecule has 30 heavy (non-hydrogen) atoms. The van der Waals surface area contributed by atoms with Crippen LogP contribution in [-0.4, -0.2) is 19.7 Å². The van der Waals surface area contributed by atoms with Gasteiger partial charge in [0.05, 0.1) is 27.2 Å². The first kappa shape index (κ1) is 18.7. The molecule has 0 aliphatic heterocycles. The molecule has 2 aromatic heterocycles. The number of H-pyrrole nitrogens is 1.